The van der Waals surface area contributed by atoms with Gasteiger partial charge in [-0.2, -0.15) is 0 Å². The molecule has 1 fully saturated rings. The highest BCUT2D eigenvalue weighted by molar-refractivity contribution is 5.99. The summed E-state index contributed by atoms with van der Waals surface area (Å²) in [5, 5.41) is 3.40. The Bertz CT molecular complexity index is 608. The van der Waals surface area contributed by atoms with Crippen LogP contribution in [0.25, 0.3) is 0 Å². The van der Waals surface area contributed by atoms with Crippen LogP contribution < -0.4 is 5.32 Å². The zero-order valence-corrected chi connectivity index (χ0v) is 15.1. The van der Waals surface area contributed by atoms with Crippen LogP contribution in [0.15, 0.2) is 24.3 Å². The number of carbonyl (C=O) groups excluding carboxylic acids is 2. The minimum absolute atomic E-state index is 0.0416. The van der Waals surface area contributed by atoms with Gasteiger partial charge in [0.15, 0.2) is 0 Å². The molecular formula is C18H27N3O3. The predicted octanol–water partition coefficient (Wildman–Crippen LogP) is 2.81. The summed E-state index contributed by atoms with van der Waals surface area (Å²) in [4.78, 5) is 27.7. The third-order valence-electron chi connectivity index (χ3n) is 3.76. The van der Waals surface area contributed by atoms with Gasteiger partial charge >= 0.3 is 6.09 Å². The number of ether oxygens (including phenoxy) is 1. The minimum Gasteiger partial charge on any atom is -0.444 e. The molecule has 6 heteroatoms. The molecular weight excluding hydrogens is 306 g/mol. The zero-order chi connectivity index (χ0) is 17.9. The van der Waals surface area contributed by atoms with Crippen LogP contribution in [-0.4, -0.2) is 60.6 Å². The van der Waals surface area contributed by atoms with Gasteiger partial charge in [0, 0.05) is 38.9 Å². The molecule has 0 aliphatic carbocycles. The van der Waals surface area contributed by atoms with Crippen LogP contribution >= 0.6 is 0 Å². The molecule has 1 unspecified atom stereocenters. The lowest BCUT2D eigenvalue weighted by Crippen LogP contribution is -2.36. The number of benzene rings is 1. The molecule has 1 saturated heterocycles. The van der Waals surface area contributed by atoms with Crippen molar-refractivity contribution in [1.29, 1.82) is 0 Å². The highest BCUT2D eigenvalue weighted by Crippen LogP contribution is 2.22. The van der Waals surface area contributed by atoms with Gasteiger partial charge in [0.2, 0.25) is 0 Å². The molecule has 1 aliphatic heterocycles. The van der Waals surface area contributed by atoms with Crippen molar-refractivity contribution in [3.8, 4) is 0 Å². The first-order valence-corrected chi connectivity index (χ1v) is 8.22. The van der Waals surface area contributed by atoms with Gasteiger partial charge in [-0.3, -0.25) is 4.79 Å². The standard InChI is InChI=1S/C18H27N3O3/c1-18(2,3)24-17(23)21-11-10-13(12-21)19-15-9-7-6-8-14(15)16(22)20(4)5/h6-9,13,19H,10-12H2,1-5H3. The number of nitrogens with one attached hydrogen (secondary N) is 1. The van der Waals surface area contributed by atoms with Crippen molar-refractivity contribution in [2.75, 3.05) is 32.5 Å². The quantitative estimate of drug-likeness (QED) is 0.924. The largest absolute Gasteiger partial charge is 0.444 e. The van der Waals surface area contributed by atoms with Gasteiger partial charge in [0.05, 0.1) is 5.56 Å². The van der Waals surface area contributed by atoms with Crippen LogP contribution in [0.2, 0.25) is 0 Å². The molecule has 0 aromatic heterocycles. The molecule has 132 valence electrons. The fourth-order valence-corrected chi connectivity index (χ4v) is 2.63. The maximum absolute atomic E-state index is 12.3. The monoisotopic (exact) mass is 333 g/mol. The first-order valence-electron chi connectivity index (χ1n) is 8.22. The number of anilines is 1. The first-order chi connectivity index (χ1) is 11.2. The third-order valence-corrected chi connectivity index (χ3v) is 3.76. The van der Waals surface area contributed by atoms with Crippen molar-refractivity contribution in [1.82, 2.24) is 9.80 Å². The van der Waals surface area contributed by atoms with E-state index >= 15 is 0 Å². The highest BCUT2D eigenvalue weighted by atomic mass is 16.6. The molecule has 0 saturated carbocycles. The smallest absolute Gasteiger partial charge is 0.410 e. The number of para-hydroxylation sites is 1. The maximum Gasteiger partial charge on any atom is 0.410 e. The molecule has 24 heavy (non-hydrogen) atoms. The Morgan fingerprint density at radius 2 is 1.92 bits per heavy atom. The summed E-state index contributed by atoms with van der Waals surface area (Å²) in [6.07, 6.45) is 0.536. The summed E-state index contributed by atoms with van der Waals surface area (Å²) in [5.74, 6) is -0.0416. The highest BCUT2D eigenvalue weighted by Gasteiger charge is 2.30. The molecule has 1 aromatic carbocycles. The summed E-state index contributed by atoms with van der Waals surface area (Å²) in [6, 6.07) is 7.56. The van der Waals surface area contributed by atoms with Crippen molar-refractivity contribution in [3.05, 3.63) is 29.8 Å². The molecule has 0 bridgehead atoms. The summed E-state index contributed by atoms with van der Waals surface area (Å²) < 4.78 is 5.41. The number of amides is 2. The van der Waals surface area contributed by atoms with Gasteiger partial charge < -0.3 is 19.9 Å². The van der Waals surface area contributed by atoms with E-state index in [9.17, 15) is 9.59 Å². The van der Waals surface area contributed by atoms with Crippen molar-refractivity contribution in [2.24, 2.45) is 0 Å². The fraction of sp³-hybridized carbons (Fsp3) is 0.556. The summed E-state index contributed by atoms with van der Waals surface area (Å²) in [6.45, 7) is 6.80. The van der Waals surface area contributed by atoms with E-state index in [1.54, 1.807) is 23.9 Å². The predicted molar refractivity (Wildman–Crippen MR) is 94.3 cm³/mol. The zero-order valence-electron chi connectivity index (χ0n) is 15.1. The van der Waals surface area contributed by atoms with Crippen LogP contribution in [0, 0.1) is 0 Å². The Kier molecular flexibility index (Phi) is 5.36. The van der Waals surface area contributed by atoms with E-state index in [0.29, 0.717) is 18.7 Å². The molecule has 1 heterocycles. The molecule has 6 nitrogen and oxygen atoms in total. The summed E-state index contributed by atoms with van der Waals surface area (Å²) >= 11 is 0. The van der Waals surface area contributed by atoms with E-state index in [4.69, 9.17) is 4.74 Å². The Morgan fingerprint density at radius 1 is 1.25 bits per heavy atom. The van der Waals surface area contributed by atoms with Crippen molar-refractivity contribution < 1.29 is 14.3 Å². The molecule has 1 atom stereocenters. The van der Waals surface area contributed by atoms with Crippen molar-refractivity contribution in [2.45, 2.75) is 38.8 Å². The molecule has 2 rings (SSSR count). The van der Waals surface area contributed by atoms with Crippen LogP contribution in [0.4, 0.5) is 10.5 Å². The second-order valence-corrected chi connectivity index (χ2v) is 7.30. The van der Waals surface area contributed by atoms with E-state index in [1.165, 1.54) is 0 Å². The van der Waals surface area contributed by atoms with Gasteiger partial charge in [0.1, 0.15) is 5.60 Å². The van der Waals surface area contributed by atoms with Gasteiger partial charge in [-0.05, 0) is 39.3 Å². The average Bonchev–Trinajstić information content (AvgIpc) is 2.94. The van der Waals surface area contributed by atoms with Crippen LogP contribution in [0.1, 0.15) is 37.6 Å². The Balaban J connectivity index is 2.01. The van der Waals surface area contributed by atoms with E-state index in [0.717, 1.165) is 12.1 Å². The number of hydrogen-bond donors (Lipinski definition) is 1. The maximum atomic E-state index is 12.3. The first kappa shape index (κ1) is 18.1. The van der Waals surface area contributed by atoms with Gasteiger partial charge in [-0.25, -0.2) is 4.79 Å². The number of nitrogens with zero attached hydrogens (tertiary/aromatic N) is 2. The Hall–Kier alpha value is -2.24. The molecule has 1 aromatic rings. The van der Waals surface area contributed by atoms with Crippen molar-refractivity contribution in [3.63, 3.8) is 0 Å². The molecule has 2 amide bonds. The van der Waals surface area contributed by atoms with E-state index < -0.39 is 5.60 Å². The Morgan fingerprint density at radius 3 is 2.54 bits per heavy atom. The molecule has 0 spiro atoms. The van der Waals surface area contributed by atoms with Crippen molar-refractivity contribution >= 4 is 17.7 Å². The number of carbonyl (C=O) groups is 2. The fourth-order valence-electron chi connectivity index (χ4n) is 2.63. The number of rotatable bonds is 3. The second-order valence-electron chi connectivity index (χ2n) is 7.30. The summed E-state index contributed by atoms with van der Waals surface area (Å²) in [7, 11) is 3.47. The lowest BCUT2D eigenvalue weighted by atomic mass is 10.1. The van der Waals surface area contributed by atoms with E-state index in [2.05, 4.69) is 5.32 Å². The van der Waals surface area contributed by atoms with E-state index in [1.807, 2.05) is 45.0 Å². The number of likely N-dealkylation sites (tertiary alicyclic amines) is 1. The minimum atomic E-state index is -0.493. The number of hydrogen-bond acceptors (Lipinski definition) is 4. The van der Waals surface area contributed by atoms with Crippen LogP contribution in [0.3, 0.4) is 0 Å². The second kappa shape index (κ2) is 7.11. The molecule has 1 N–H and O–H groups in total. The molecule has 1 aliphatic rings. The Labute approximate surface area is 143 Å². The SMILES string of the molecule is CN(C)C(=O)c1ccccc1NC1CCN(C(=O)OC(C)(C)C)C1. The lowest BCUT2D eigenvalue weighted by Gasteiger charge is -2.24. The van der Waals surface area contributed by atoms with Gasteiger partial charge in [-0.15, -0.1) is 0 Å². The van der Waals surface area contributed by atoms with Gasteiger partial charge in [-0.1, -0.05) is 12.1 Å². The lowest BCUT2D eigenvalue weighted by molar-refractivity contribution is 0.0293. The topological polar surface area (TPSA) is 61.9 Å². The normalized spacial score (nSPS) is 17.5. The van der Waals surface area contributed by atoms with Crippen LogP contribution in [-0.2, 0) is 4.74 Å². The summed E-state index contributed by atoms with van der Waals surface area (Å²) in [5.41, 5.74) is 0.943. The van der Waals surface area contributed by atoms with Crippen LogP contribution in [0.5, 0.6) is 0 Å². The van der Waals surface area contributed by atoms with E-state index in [-0.39, 0.29) is 18.0 Å². The third kappa shape index (κ3) is 4.63. The average molecular weight is 333 g/mol. The van der Waals surface area contributed by atoms with Gasteiger partial charge in [0.25, 0.3) is 5.91 Å². The molecule has 0 radical (unpaired) electrons.